The molecule has 0 atom stereocenters. The fourth-order valence-electron chi connectivity index (χ4n) is 4.85. The third-order valence-electron chi connectivity index (χ3n) is 6.72. The number of hydrogen-bond donors (Lipinski definition) is 1. The molecule has 2 amide bonds. The molecule has 6 nitrogen and oxygen atoms in total. The van der Waals surface area contributed by atoms with Gasteiger partial charge in [0.2, 0.25) is 0 Å². The molecule has 1 aromatic rings. The van der Waals surface area contributed by atoms with Crippen molar-refractivity contribution in [3.63, 3.8) is 0 Å². The number of pyridine rings is 1. The van der Waals surface area contributed by atoms with E-state index < -0.39 is 12.1 Å². The highest BCUT2D eigenvalue weighted by atomic mass is 19.4. The minimum atomic E-state index is -4.18. The van der Waals surface area contributed by atoms with E-state index in [1.54, 1.807) is 6.20 Å². The van der Waals surface area contributed by atoms with Crippen molar-refractivity contribution in [3.8, 4) is 0 Å². The van der Waals surface area contributed by atoms with Crippen LogP contribution in [0.3, 0.4) is 0 Å². The van der Waals surface area contributed by atoms with Crippen LogP contribution in [0.5, 0.6) is 0 Å². The molecule has 2 aliphatic heterocycles. The summed E-state index contributed by atoms with van der Waals surface area (Å²) in [6.07, 6.45) is 2.70. The van der Waals surface area contributed by atoms with E-state index in [2.05, 4.69) is 20.1 Å². The van der Waals surface area contributed by atoms with Crippen molar-refractivity contribution in [2.45, 2.75) is 50.7 Å². The Morgan fingerprint density at radius 1 is 0.967 bits per heavy atom. The number of alkyl halides is 3. The number of piperazine rings is 1. The second kappa shape index (κ2) is 8.99. The van der Waals surface area contributed by atoms with Gasteiger partial charge in [0.25, 0.3) is 0 Å². The zero-order valence-electron chi connectivity index (χ0n) is 17.2. The van der Waals surface area contributed by atoms with E-state index in [9.17, 15) is 18.0 Å². The van der Waals surface area contributed by atoms with Crippen molar-refractivity contribution in [1.29, 1.82) is 0 Å². The van der Waals surface area contributed by atoms with Gasteiger partial charge < -0.3 is 15.1 Å². The number of carbonyl (C=O) groups excluding carboxylic acids is 1. The summed E-state index contributed by atoms with van der Waals surface area (Å²) < 4.78 is 38.3. The number of amides is 2. The number of nitrogens with zero attached hydrogens (tertiary/aromatic N) is 4. The van der Waals surface area contributed by atoms with E-state index in [1.807, 2.05) is 12.1 Å². The molecule has 0 unspecified atom stereocenters. The molecule has 4 rings (SSSR count). The molecule has 3 aliphatic rings. The summed E-state index contributed by atoms with van der Waals surface area (Å²) in [6.45, 7) is 4.24. The Labute approximate surface area is 175 Å². The van der Waals surface area contributed by atoms with Crippen LogP contribution >= 0.6 is 0 Å². The van der Waals surface area contributed by atoms with Gasteiger partial charge in [0.15, 0.2) is 0 Å². The summed E-state index contributed by atoms with van der Waals surface area (Å²) in [5, 5.41) is 2.76. The summed E-state index contributed by atoms with van der Waals surface area (Å²) in [5.41, 5.74) is 0.561. The number of hydrogen-bond acceptors (Lipinski definition) is 4. The van der Waals surface area contributed by atoms with Gasteiger partial charge in [0.05, 0.1) is 17.8 Å². The van der Waals surface area contributed by atoms with Gasteiger partial charge in [-0.3, -0.25) is 4.90 Å². The number of aromatic nitrogens is 1. The number of halogens is 3. The first-order valence-electron chi connectivity index (χ1n) is 11.0. The molecule has 0 aromatic carbocycles. The summed E-state index contributed by atoms with van der Waals surface area (Å²) >= 11 is 0. The molecule has 166 valence electrons. The van der Waals surface area contributed by atoms with Crippen molar-refractivity contribution >= 4 is 17.5 Å². The van der Waals surface area contributed by atoms with Crippen LogP contribution in [-0.2, 0) is 0 Å². The molecule has 3 fully saturated rings. The van der Waals surface area contributed by atoms with Gasteiger partial charge in [0, 0.05) is 45.3 Å². The lowest BCUT2D eigenvalue weighted by Gasteiger charge is -2.38. The fraction of sp³-hybridized carbons (Fsp3) is 0.714. The monoisotopic (exact) mass is 425 g/mol. The number of nitrogens with one attached hydrogen (secondary N) is 1. The van der Waals surface area contributed by atoms with Gasteiger partial charge >= 0.3 is 12.2 Å². The minimum Gasteiger partial charge on any atom is -0.354 e. The van der Waals surface area contributed by atoms with Crippen LogP contribution in [0.25, 0.3) is 0 Å². The van der Waals surface area contributed by atoms with Crippen LogP contribution in [0, 0.1) is 5.92 Å². The summed E-state index contributed by atoms with van der Waals surface area (Å²) in [5.74, 6) is -0.415. The van der Waals surface area contributed by atoms with Crippen molar-refractivity contribution in [2.24, 2.45) is 5.92 Å². The molecule has 1 saturated carbocycles. The van der Waals surface area contributed by atoms with Gasteiger partial charge in [-0.05, 0) is 37.8 Å². The average molecular weight is 425 g/mol. The van der Waals surface area contributed by atoms with E-state index in [1.165, 1.54) is 30.6 Å². The first-order valence-corrected chi connectivity index (χ1v) is 11.0. The SMILES string of the molecule is O=C(Nc1ccc(N2CCN(C3CCCC3)CC2)nc1)N1CCC(C(F)(F)F)CC1. The number of rotatable bonds is 3. The molecule has 9 heteroatoms. The molecule has 0 bridgehead atoms. The summed E-state index contributed by atoms with van der Waals surface area (Å²) in [7, 11) is 0. The lowest BCUT2D eigenvalue weighted by atomic mass is 9.96. The number of carbonyl (C=O) groups is 1. The van der Waals surface area contributed by atoms with Gasteiger partial charge in [-0.2, -0.15) is 13.2 Å². The molecule has 30 heavy (non-hydrogen) atoms. The van der Waals surface area contributed by atoms with Crippen molar-refractivity contribution in [3.05, 3.63) is 18.3 Å². The highest BCUT2D eigenvalue weighted by molar-refractivity contribution is 5.89. The Morgan fingerprint density at radius 2 is 1.63 bits per heavy atom. The van der Waals surface area contributed by atoms with Gasteiger partial charge in [-0.25, -0.2) is 9.78 Å². The van der Waals surface area contributed by atoms with Crippen LogP contribution in [0.15, 0.2) is 18.3 Å². The first kappa shape index (κ1) is 21.2. The largest absolute Gasteiger partial charge is 0.391 e. The van der Waals surface area contributed by atoms with Gasteiger partial charge in [-0.1, -0.05) is 12.8 Å². The molecule has 1 aliphatic carbocycles. The van der Waals surface area contributed by atoms with Crippen LogP contribution in [-0.4, -0.2) is 72.3 Å². The number of anilines is 2. The Balaban J connectivity index is 1.24. The molecular formula is C21H30F3N5O. The van der Waals surface area contributed by atoms with Crippen molar-refractivity contribution < 1.29 is 18.0 Å². The third-order valence-corrected chi connectivity index (χ3v) is 6.72. The zero-order valence-corrected chi connectivity index (χ0v) is 17.2. The maximum Gasteiger partial charge on any atom is 0.391 e. The normalized spacial score (nSPS) is 22.5. The van der Waals surface area contributed by atoms with E-state index in [0.717, 1.165) is 38.0 Å². The van der Waals surface area contributed by atoms with Gasteiger partial charge in [0.1, 0.15) is 5.82 Å². The number of urea groups is 1. The lowest BCUT2D eigenvalue weighted by Crippen LogP contribution is -2.50. The van der Waals surface area contributed by atoms with E-state index >= 15 is 0 Å². The molecule has 1 aromatic heterocycles. The Hall–Kier alpha value is -2.03. The topological polar surface area (TPSA) is 51.7 Å². The quantitative estimate of drug-likeness (QED) is 0.797. The lowest BCUT2D eigenvalue weighted by molar-refractivity contribution is -0.183. The van der Waals surface area contributed by atoms with Gasteiger partial charge in [-0.15, -0.1) is 0 Å². The third kappa shape index (κ3) is 4.99. The number of likely N-dealkylation sites (tertiary alicyclic amines) is 1. The number of piperidine rings is 1. The zero-order chi connectivity index (χ0) is 21.1. The standard InChI is InChI=1S/C21H30F3N5O/c22-21(23,24)16-7-9-29(10-8-16)20(30)26-17-5-6-19(25-15-17)28-13-11-27(12-14-28)18-3-1-2-4-18/h5-6,15-16,18H,1-4,7-14H2,(H,26,30). The highest BCUT2D eigenvalue weighted by Gasteiger charge is 2.41. The van der Waals surface area contributed by atoms with Crippen LogP contribution in [0.1, 0.15) is 38.5 Å². The molecule has 3 heterocycles. The molecule has 1 N–H and O–H groups in total. The maximum absolute atomic E-state index is 12.8. The molecule has 2 saturated heterocycles. The smallest absolute Gasteiger partial charge is 0.354 e. The molecule has 0 spiro atoms. The predicted octanol–water partition coefficient (Wildman–Crippen LogP) is 3.95. The summed E-state index contributed by atoms with van der Waals surface area (Å²) in [4.78, 5) is 23.2. The van der Waals surface area contributed by atoms with E-state index in [4.69, 9.17) is 0 Å². The Morgan fingerprint density at radius 3 is 2.20 bits per heavy atom. The molecule has 0 radical (unpaired) electrons. The van der Waals surface area contributed by atoms with E-state index in [0.29, 0.717) is 5.69 Å². The van der Waals surface area contributed by atoms with Crippen molar-refractivity contribution in [2.75, 3.05) is 49.5 Å². The highest BCUT2D eigenvalue weighted by Crippen LogP contribution is 2.34. The second-order valence-corrected chi connectivity index (χ2v) is 8.60. The Kier molecular flexibility index (Phi) is 6.36. The average Bonchev–Trinajstić information content (AvgIpc) is 3.29. The maximum atomic E-state index is 12.8. The first-order chi connectivity index (χ1) is 14.4. The molecular weight excluding hydrogens is 395 g/mol. The predicted molar refractivity (Wildman–Crippen MR) is 110 cm³/mol. The van der Waals surface area contributed by atoms with E-state index in [-0.39, 0.29) is 32.0 Å². The van der Waals surface area contributed by atoms with Crippen LogP contribution in [0.4, 0.5) is 29.5 Å². The van der Waals surface area contributed by atoms with Crippen LogP contribution in [0.2, 0.25) is 0 Å². The van der Waals surface area contributed by atoms with Crippen molar-refractivity contribution in [1.82, 2.24) is 14.8 Å². The second-order valence-electron chi connectivity index (χ2n) is 8.60. The van der Waals surface area contributed by atoms with Crippen LogP contribution < -0.4 is 10.2 Å². The fourth-order valence-corrected chi connectivity index (χ4v) is 4.85. The summed E-state index contributed by atoms with van der Waals surface area (Å²) in [6, 6.07) is 4.09. The minimum absolute atomic E-state index is 0.0407. The Bertz CT molecular complexity index is 704.